The Morgan fingerprint density at radius 1 is 0.759 bits per heavy atom. The molecule has 0 N–H and O–H groups in total. The van der Waals surface area contributed by atoms with E-state index in [9.17, 15) is 5.39 Å². The van der Waals surface area contributed by atoms with Crippen LogP contribution in [0.4, 0.5) is 11.4 Å². The van der Waals surface area contributed by atoms with Gasteiger partial charge in [-0.3, -0.25) is 0 Å². The molecule has 3 rings (SSSR count). The maximum Gasteiger partial charge on any atom is 0.430 e. The van der Waals surface area contributed by atoms with Crippen LogP contribution in [-0.2, 0) is 13.1 Å². The SMILES string of the molecule is CCOc1cc(N(Cc2ccccc2)Cc2ccccc2)c(OCC)cc1[N+]#N. The lowest BCUT2D eigenvalue weighted by molar-refractivity contribution is 0.332. The zero-order valence-electron chi connectivity index (χ0n) is 16.9. The Hall–Kier alpha value is -3.52. The van der Waals surface area contributed by atoms with Gasteiger partial charge in [0.2, 0.25) is 11.1 Å². The van der Waals surface area contributed by atoms with Crippen LogP contribution < -0.4 is 14.4 Å². The molecule has 0 aliphatic heterocycles. The van der Waals surface area contributed by atoms with Crippen LogP contribution in [0.3, 0.4) is 0 Å². The van der Waals surface area contributed by atoms with Crippen molar-refractivity contribution in [2.75, 3.05) is 18.1 Å². The van der Waals surface area contributed by atoms with Gasteiger partial charge >= 0.3 is 5.69 Å². The molecule has 0 aliphatic carbocycles. The van der Waals surface area contributed by atoms with Crippen molar-refractivity contribution >= 4 is 11.4 Å². The lowest BCUT2D eigenvalue weighted by Gasteiger charge is -2.27. The van der Waals surface area contributed by atoms with E-state index in [0.717, 1.165) is 5.69 Å². The molecule has 0 aromatic heterocycles. The first kappa shape index (κ1) is 20.2. The molecule has 3 aromatic rings. The highest BCUT2D eigenvalue weighted by Crippen LogP contribution is 2.41. The van der Waals surface area contributed by atoms with E-state index in [2.05, 4.69) is 34.1 Å². The Morgan fingerprint density at radius 2 is 1.28 bits per heavy atom. The molecule has 0 spiro atoms. The van der Waals surface area contributed by atoms with E-state index < -0.39 is 0 Å². The van der Waals surface area contributed by atoms with E-state index >= 15 is 0 Å². The summed E-state index contributed by atoms with van der Waals surface area (Å²) in [7, 11) is 0. The van der Waals surface area contributed by atoms with Crippen LogP contribution >= 0.6 is 0 Å². The smallest absolute Gasteiger partial charge is 0.430 e. The summed E-state index contributed by atoms with van der Waals surface area (Å²) in [5.41, 5.74) is 3.65. The number of anilines is 1. The third-order valence-electron chi connectivity index (χ3n) is 4.52. The first-order chi connectivity index (χ1) is 14.2. The predicted octanol–water partition coefficient (Wildman–Crippen LogP) is 6.18. The van der Waals surface area contributed by atoms with Gasteiger partial charge < -0.3 is 14.4 Å². The maximum atomic E-state index is 9.41. The van der Waals surface area contributed by atoms with Crippen LogP contribution in [0.5, 0.6) is 11.5 Å². The topological polar surface area (TPSA) is 49.9 Å². The molecule has 0 amide bonds. The van der Waals surface area contributed by atoms with Gasteiger partial charge in [0.25, 0.3) is 0 Å². The van der Waals surface area contributed by atoms with Gasteiger partial charge in [-0.05, 0) is 25.0 Å². The Kier molecular flexibility index (Phi) is 7.07. The summed E-state index contributed by atoms with van der Waals surface area (Å²) in [6.45, 7) is 6.25. The molecule has 0 atom stereocenters. The molecule has 0 heterocycles. The van der Waals surface area contributed by atoms with Crippen molar-refractivity contribution in [3.05, 3.63) is 88.9 Å². The first-order valence-electron chi connectivity index (χ1n) is 9.86. The fraction of sp³-hybridized carbons (Fsp3) is 0.250. The molecule has 148 valence electrons. The van der Waals surface area contributed by atoms with Gasteiger partial charge in [0, 0.05) is 19.2 Å². The van der Waals surface area contributed by atoms with E-state index in [1.165, 1.54) is 11.1 Å². The van der Waals surface area contributed by atoms with Gasteiger partial charge in [0.1, 0.15) is 0 Å². The van der Waals surface area contributed by atoms with Crippen LogP contribution in [0.1, 0.15) is 25.0 Å². The predicted molar refractivity (Wildman–Crippen MR) is 116 cm³/mol. The largest absolute Gasteiger partial charge is 0.491 e. The molecule has 29 heavy (non-hydrogen) atoms. The van der Waals surface area contributed by atoms with Crippen LogP contribution in [-0.4, -0.2) is 13.2 Å². The van der Waals surface area contributed by atoms with Gasteiger partial charge in [0.15, 0.2) is 10.7 Å². The number of benzene rings is 3. The summed E-state index contributed by atoms with van der Waals surface area (Å²) in [6.07, 6.45) is 0. The maximum absolute atomic E-state index is 9.41. The average molecular weight is 388 g/mol. The normalized spacial score (nSPS) is 10.2. The first-order valence-corrected chi connectivity index (χ1v) is 9.86. The molecule has 0 saturated carbocycles. The van der Waals surface area contributed by atoms with E-state index in [0.29, 0.717) is 43.5 Å². The lowest BCUT2D eigenvalue weighted by atomic mass is 10.1. The molecule has 0 unspecified atom stereocenters. The number of hydrogen-bond donors (Lipinski definition) is 0. The van der Waals surface area contributed by atoms with E-state index in [4.69, 9.17) is 9.47 Å². The third kappa shape index (κ3) is 5.26. The van der Waals surface area contributed by atoms with Crippen LogP contribution in [0.2, 0.25) is 0 Å². The zero-order chi connectivity index (χ0) is 20.5. The number of rotatable bonds is 9. The number of nitrogens with zero attached hydrogens (tertiary/aromatic N) is 3. The quantitative estimate of drug-likeness (QED) is 0.411. The van der Waals surface area contributed by atoms with Crippen molar-refractivity contribution in [2.45, 2.75) is 26.9 Å². The highest BCUT2D eigenvalue weighted by Gasteiger charge is 2.24. The molecule has 3 aromatic carbocycles. The molecular formula is C24H26N3O2+. The molecular weight excluding hydrogens is 362 g/mol. The zero-order valence-corrected chi connectivity index (χ0v) is 16.9. The Balaban J connectivity index is 2.06. The van der Waals surface area contributed by atoms with Crippen LogP contribution in [0.25, 0.3) is 4.98 Å². The Morgan fingerprint density at radius 3 is 1.76 bits per heavy atom. The molecule has 0 aliphatic rings. The fourth-order valence-electron chi connectivity index (χ4n) is 3.24. The van der Waals surface area contributed by atoms with Crippen molar-refractivity contribution in [3.63, 3.8) is 0 Å². The van der Waals surface area contributed by atoms with E-state index in [1.54, 1.807) is 6.07 Å². The summed E-state index contributed by atoms with van der Waals surface area (Å²) in [4.78, 5) is 5.63. The number of diazo groups is 1. The molecule has 5 heteroatoms. The lowest BCUT2D eigenvalue weighted by Crippen LogP contribution is -2.23. The number of ether oxygens (including phenoxy) is 2. The van der Waals surface area contributed by atoms with Crippen molar-refractivity contribution in [1.29, 1.82) is 5.39 Å². The van der Waals surface area contributed by atoms with Gasteiger partial charge in [-0.2, -0.15) is 0 Å². The highest BCUT2D eigenvalue weighted by molar-refractivity contribution is 5.72. The fourth-order valence-corrected chi connectivity index (χ4v) is 3.24. The summed E-state index contributed by atoms with van der Waals surface area (Å²) >= 11 is 0. The van der Waals surface area contributed by atoms with Crippen molar-refractivity contribution in [1.82, 2.24) is 0 Å². The molecule has 5 nitrogen and oxygen atoms in total. The van der Waals surface area contributed by atoms with Crippen molar-refractivity contribution in [3.8, 4) is 11.5 Å². The summed E-state index contributed by atoms with van der Waals surface area (Å²) in [6, 6.07) is 24.3. The second-order valence-corrected chi connectivity index (χ2v) is 6.58. The van der Waals surface area contributed by atoms with Gasteiger partial charge in [-0.25, -0.2) is 0 Å². The molecule has 0 radical (unpaired) electrons. The highest BCUT2D eigenvalue weighted by atomic mass is 16.5. The van der Waals surface area contributed by atoms with Crippen LogP contribution in [0, 0.1) is 5.39 Å². The second kappa shape index (κ2) is 10.1. The van der Waals surface area contributed by atoms with Gasteiger partial charge in [-0.1, -0.05) is 60.7 Å². The minimum absolute atomic E-state index is 0.360. The van der Waals surface area contributed by atoms with Crippen LogP contribution in [0.15, 0.2) is 72.8 Å². The van der Waals surface area contributed by atoms with E-state index in [1.807, 2.05) is 56.3 Å². The van der Waals surface area contributed by atoms with Crippen molar-refractivity contribution < 1.29 is 9.47 Å². The number of hydrogen-bond acceptors (Lipinski definition) is 4. The standard InChI is InChI=1S/C24H26N3O2/c1-3-28-23-16-22(24(29-4-2)15-21(23)26-25)27(17-19-11-7-5-8-12-19)18-20-13-9-6-10-14-20/h5-16H,3-4,17-18H2,1-2H3/q+1. The molecule has 0 bridgehead atoms. The summed E-state index contributed by atoms with van der Waals surface area (Å²) in [5.74, 6) is 1.19. The summed E-state index contributed by atoms with van der Waals surface area (Å²) in [5, 5.41) is 9.41. The summed E-state index contributed by atoms with van der Waals surface area (Å²) < 4.78 is 11.6. The third-order valence-corrected chi connectivity index (χ3v) is 4.52. The Bertz CT molecular complexity index is 912. The minimum atomic E-state index is 0.360. The Labute approximate surface area is 172 Å². The van der Waals surface area contributed by atoms with Gasteiger partial charge in [0.05, 0.1) is 25.0 Å². The minimum Gasteiger partial charge on any atom is -0.491 e. The monoisotopic (exact) mass is 388 g/mol. The average Bonchev–Trinajstić information content (AvgIpc) is 2.76. The van der Waals surface area contributed by atoms with E-state index in [-0.39, 0.29) is 0 Å². The second-order valence-electron chi connectivity index (χ2n) is 6.58. The molecule has 0 fully saturated rings. The van der Waals surface area contributed by atoms with Gasteiger partial charge in [-0.15, -0.1) is 0 Å². The van der Waals surface area contributed by atoms with Crippen molar-refractivity contribution in [2.24, 2.45) is 0 Å². The molecule has 0 saturated heterocycles.